The van der Waals surface area contributed by atoms with Crippen LogP contribution in [0, 0.1) is 12.3 Å². The Labute approximate surface area is 113 Å². The van der Waals surface area contributed by atoms with Crippen molar-refractivity contribution in [3.05, 3.63) is 33.8 Å². The summed E-state index contributed by atoms with van der Waals surface area (Å²) in [4.78, 5) is 0. The summed E-state index contributed by atoms with van der Waals surface area (Å²) in [6, 6.07) is 6.05. The Morgan fingerprint density at radius 1 is 1.29 bits per heavy atom. The number of hydrogen-bond donors (Lipinski definition) is 1. The van der Waals surface area contributed by atoms with Crippen molar-refractivity contribution in [2.75, 3.05) is 0 Å². The van der Waals surface area contributed by atoms with Gasteiger partial charge in [0.2, 0.25) is 0 Å². The zero-order chi connectivity index (χ0) is 13.1. The molecular formula is C15H23BrO. The van der Waals surface area contributed by atoms with E-state index in [1.807, 2.05) is 12.1 Å². The average molecular weight is 299 g/mol. The number of aliphatic hydroxyl groups is 1. The number of aryl methyl sites for hydroxylation is 1. The summed E-state index contributed by atoms with van der Waals surface area (Å²) < 4.78 is 1.04. The van der Waals surface area contributed by atoms with Gasteiger partial charge in [-0.25, -0.2) is 0 Å². The fraction of sp³-hybridized carbons (Fsp3) is 0.600. The first kappa shape index (κ1) is 14.7. The van der Waals surface area contributed by atoms with Crippen LogP contribution in [0.3, 0.4) is 0 Å². The van der Waals surface area contributed by atoms with Crippen LogP contribution in [0.5, 0.6) is 0 Å². The van der Waals surface area contributed by atoms with Gasteiger partial charge in [0.25, 0.3) is 0 Å². The van der Waals surface area contributed by atoms with Gasteiger partial charge in [-0.05, 0) is 36.3 Å². The molecule has 0 heterocycles. The summed E-state index contributed by atoms with van der Waals surface area (Å²) in [6.45, 7) is 8.77. The van der Waals surface area contributed by atoms with Gasteiger partial charge < -0.3 is 5.11 Å². The van der Waals surface area contributed by atoms with E-state index < -0.39 is 0 Å². The van der Waals surface area contributed by atoms with Gasteiger partial charge in [-0.1, -0.05) is 61.3 Å². The Balaban J connectivity index is 2.58. The van der Waals surface area contributed by atoms with E-state index in [2.05, 4.69) is 49.7 Å². The molecule has 0 radical (unpaired) electrons. The number of aliphatic hydroxyl groups excluding tert-OH is 1. The first-order valence-electron chi connectivity index (χ1n) is 6.24. The van der Waals surface area contributed by atoms with Crippen LogP contribution in [0.15, 0.2) is 22.7 Å². The Kier molecular flexibility index (Phi) is 5.21. The lowest BCUT2D eigenvalue weighted by atomic mass is 9.88. The SMILES string of the molecule is Cc1cccc(C(O)CCCC(C)(C)C)c1Br. The van der Waals surface area contributed by atoms with Crippen LogP contribution in [0.2, 0.25) is 0 Å². The maximum atomic E-state index is 10.2. The van der Waals surface area contributed by atoms with Gasteiger partial charge in [-0.15, -0.1) is 0 Å². The molecule has 1 atom stereocenters. The molecule has 1 nitrogen and oxygen atoms in total. The van der Waals surface area contributed by atoms with E-state index in [1.54, 1.807) is 0 Å². The molecule has 0 aliphatic rings. The van der Waals surface area contributed by atoms with E-state index in [9.17, 15) is 5.11 Å². The third kappa shape index (κ3) is 4.81. The van der Waals surface area contributed by atoms with E-state index in [1.165, 1.54) is 5.56 Å². The largest absolute Gasteiger partial charge is 0.388 e. The smallest absolute Gasteiger partial charge is 0.0801 e. The fourth-order valence-electron chi connectivity index (χ4n) is 1.91. The Hall–Kier alpha value is -0.340. The minimum Gasteiger partial charge on any atom is -0.388 e. The molecule has 0 bridgehead atoms. The van der Waals surface area contributed by atoms with Crippen LogP contribution in [0.1, 0.15) is 57.3 Å². The van der Waals surface area contributed by atoms with Crippen molar-refractivity contribution in [3.8, 4) is 0 Å². The third-order valence-electron chi connectivity index (χ3n) is 2.99. The molecule has 0 spiro atoms. The van der Waals surface area contributed by atoms with Gasteiger partial charge in [0, 0.05) is 4.47 Å². The summed E-state index contributed by atoms with van der Waals surface area (Å²) in [7, 11) is 0. The highest BCUT2D eigenvalue weighted by Crippen LogP contribution is 2.31. The van der Waals surface area contributed by atoms with E-state index in [4.69, 9.17) is 0 Å². The van der Waals surface area contributed by atoms with Crippen molar-refractivity contribution in [2.45, 2.75) is 53.1 Å². The molecule has 1 unspecified atom stereocenters. The van der Waals surface area contributed by atoms with Crippen molar-refractivity contribution in [1.82, 2.24) is 0 Å². The first-order valence-corrected chi connectivity index (χ1v) is 7.03. The molecule has 17 heavy (non-hydrogen) atoms. The predicted octanol–water partition coefficient (Wildman–Crippen LogP) is 5.01. The highest BCUT2D eigenvalue weighted by atomic mass is 79.9. The zero-order valence-corrected chi connectivity index (χ0v) is 12.8. The third-order valence-corrected chi connectivity index (χ3v) is 4.07. The molecule has 0 saturated carbocycles. The van der Waals surface area contributed by atoms with E-state index in [-0.39, 0.29) is 6.10 Å². The molecule has 96 valence electrons. The summed E-state index contributed by atoms with van der Waals surface area (Å²) in [5.41, 5.74) is 2.54. The maximum Gasteiger partial charge on any atom is 0.0801 e. The van der Waals surface area contributed by atoms with Gasteiger partial charge in [0.05, 0.1) is 6.10 Å². The quantitative estimate of drug-likeness (QED) is 0.828. The zero-order valence-electron chi connectivity index (χ0n) is 11.3. The van der Waals surface area contributed by atoms with Gasteiger partial charge in [0.15, 0.2) is 0 Å². The minimum atomic E-state index is -0.355. The molecule has 1 aromatic carbocycles. The normalized spacial score (nSPS) is 13.8. The summed E-state index contributed by atoms with van der Waals surface area (Å²) in [6.07, 6.45) is 2.68. The first-order chi connectivity index (χ1) is 7.81. The lowest BCUT2D eigenvalue weighted by Gasteiger charge is -2.20. The molecule has 0 aliphatic carbocycles. The monoisotopic (exact) mass is 298 g/mol. The molecule has 0 fully saturated rings. The van der Waals surface area contributed by atoms with Crippen LogP contribution >= 0.6 is 15.9 Å². The molecule has 0 aromatic heterocycles. The average Bonchev–Trinajstić information content (AvgIpc) is 2.20. The van der Waals surface area contributed by atoms with Gasteiger partial charge in [0.1, 0.15) is 0 Å². The second-order valence-electron chi connectivity index (χ2n) is 5.95. The van der Waals surface area contributed by atoms with Crippen molar-refractivity contribution in [2.24, 2.45) is 5.41 Å². The molecule has 0 saturated heterocycles. The van der Waals surface area contributed by atoms with E-state index in [0.717, 1.165) is 29.3 Å². The predicted molar refractivity (Wildman–Crippen MR) is 77.1 cm³/mol. The van der Waals surface area contributed by atoms with Gasteiger partial charge in [-0.3, -0.25) is 0 Å². The molecular weight excluding hydrogens is 276 g/mol. The number of hydrogen-bond acceptors (Lipinski definition) is 1. The molecule has 0 aliphatic heterocycles. The standard InChI is InChI=1S/C15H23BrO/c1-11-7-5-8-12(14(11)16)13(17)9-6-10-15(2,3)4/h5,7-8,13,17H,6,9-10H2,1-4H3. The Morgan fingerprint density at radius 3 is 2.53 bits per heavy atom. The Bertz CT molecular complexity index is 366. The minimum absolute atomic E-state index is 0.351. The van der Waals surface area contributed by atoms with Crippen LogP contribution in [-0.2, 0) is 0 Å². The molecule has 1 rings (SSSR count). The van der Waals surface area contributed by atoms with Gasteiger partial charge in [-0.2, -0.15) is 0 Å². The second-order valence-corrected chi connectivity index (χ2v) is 6.74. The van der Waals surface area contributed by atoms with Gasteiger partial charge >= 0.3 is 0 Å². The number of rotatable bonds is 4. The number of halogens is 1. The summed E-state index contributed by atoms with van der Waals surface area (Å²) >= 11 is 3.55. The van der Waals surface area contributed by atoms with Crippen LogP contribution < -0.4 is 0 Å². The van der Waals surface area contributed by atoms with Crippen LogP contribution in [0.4, 0.5) is 0 Å². The second kappa shape index (κ2) is 6.01. The van der Waals surface area contributed by atoms with Crippen molar-refractivity contribution >= 4 is 15.9 Å². The topological polar surface area (TPSA) is 20.2 Å². The van der Waals surface area contributed by atoms with Crippen molar-refractivity contribution < 1.29 is 5.11 Å². The number of benzene rings is 1. The van der Waals surface area contributed by atoms with E-state index >= 15 is 0 Å². The molecule has 1 N–H and O–H groups in total. The summed E-state index contributed by atoms with van der Waals surface area (Å²) in [5, 5.41) is 10.2. The molecule has 1 aromatic rings. The highest BCUT2D eigenvalue weighted by Gasteiger charge is 2.15. The summed E-state index contributed by atoms with van der Waals surface area (Å²) in [5.74, 6) is 0. The molecule has 0 amide bonds. The van der Waals surface area contributed by atoms with Crippen LogP contribution in [-0.4, -0.2) is 5.11 Å². The Morgan fingerprint density at radius 2 is 1.94 bits per heavy atom. The van der Waals surface area contributed by atoms with Crippen molar-refractivity contribution in [1.29, 1.82) is 0 Å². The van der Waals surface area contributed by atoms with Crippen LogP contribution in [0.25, 0.3) is 0 Å². The molecule has 2 heteroatoms. The van der Waals surface area contributed by atoms with Crippen molar-refractivity contribution in [3.63, 3.8) is 0 Å². The lowest BCUT2D eigenvalue weighted by molar-refractivity contribution is 0.157. The highest BCUT2D eigenvalue weighted by molar-refractivity contribution is 9.10. The lowest BCUT2D eigenvalue weighted by Crippen LogP contribution is -2.06. The van der Waals surface area contributed by atoms with E-state index in [0.29, 0.717) is 5.41 Å². The maximum absolute atomic E-state index is 10.2. The fourth-order valence-corrected chi connectivity index (χ4v) is 2.44.